The first-order valence-electron chi connectivity index (χ1n) is 9.67. The third-order valence-corrected chi connectivity index (χ3v) is 7.71. The molecule has 32 heavy (non-hydrogen) atoms. The minimum absolute atomic E-state index is 0.00788. The van der Waals surface area contributed by atoms with Crippen molar-refractivity contribution < 1.29 is 30.8 Å². The minimum atomic E-state index is -4.72. The van der Waals surface area contributed by atoms with Crippen LogP contribution in [0, 0.1) is 11.7 Å². The Bertz CT molecular complexity index is 1200. The molecule has 0 bridgehead atoms. The van der Waals surface area contributed by atoms with Crippen LogP contribution in [0.15, 0.2) is 29.4 Å². The molecule has 12 heteroatoms. The second-order valence-corrected chi connectivity index (χ2v) is 11.8. The normalized spacial score (nSPS) is 16.9. The second-order valence-electron chi connectivity index (χ2n) is 8.84. The summed E-state index contributed by atoms with van der Waals surface area (Å²) in [6, 6.07) is 1.63. The van der Waals surface area contributed by atoms with Crippen LogP contribution in [0.2, 0.25) is 0 Å². The summed E-state index contributed by atoms with van der Waals surface area (Å²) in [4.78, 5) is 17.6. The number of hydrogen-bond donors (Lipinski definition) is 0. The van der Waals surface area contributed by atoms with Crippen LogP contribution in [-0.4, -0.2) is 42.5 Å². The van der Waals surface area contributed by atoms with Crippen molar-refractivity contribution in [2.45, 2.75) is 38.9 Å². The maximum atomic E-state index is 14.1. The van der Waals surface area contributed by atoms with E-state index in [1.807, 2.05) is 20.8 Å². The maximum Gasteiger partial charge on any atom is 0.416 e. The van der Waals surface area contributed by atoms with Gasteiger partial charge in [0.05, 0.1) is 17.4 Å². The van der Waals surface area contributed by atoms with Crippen LogP contribution in [0.4, 0.5) is 17.6 Å². The number of hydrogen-bond acceptors (Lipinski definition) is 4. The minimum Gasteiger partial charge on any atom is -0.323 e. The zero-order valence-electron chi connectivity index (χ0n) is 17.9. The van der Waals surface area contributed by atoms with E-state index in [9.17, 15) is 30.8 Å². The van der Waals surface area contributed by atoms with Crippen molar-refractivity contribution in [2.24, 2.45) is 10.9 Å². The highest BCUT2D eigenvalue weighted by atomic mass is 32.2. The van der Waals surface area contributed by atoms with E-state index in [1.54, 1.807) is 10.8 Å². The van der Waals surface area contributed by atoms with Gasteiger partial charge in [-0.2, -0.15) is 18.2 Å². The van der Waals surface area contributed by atoms with Crippen LogP contribution in [-0.2, 0) is 28.2 Å². The number of amides is 1. The first-order chi connectivity index (χ1) is 14.6. The van der Waals surface area contributed by atoms with Gasteiger partial charge in [-0.05, 0) is 23.6 Å². The molecule has 0 radical (unpaired) electrons. The Hall–Kier alpha value is -2.05. The third-order valence-electron chi connectivity index (χ3n) is 5.03. The lowest BCUT2D eigenvalue weighted by Gasteiger charge is -2.37. The molecule has 3 rings (SSSR count). The number of alkyl halides is 3. The summed E-state index contributed by atoms with van der Waals surface area (Å²) >= 11 is 1.19. The summed E-state index contributed by atoms with van der Waals surface area (Å²) in [5.41, 5.74) is -2.19. The van der Waals surface area contributed by atoms with Crippen molar-refractivity contribution in [1.29, 1.82) is 0 Å². The van der Waals surface area contributed by atoms with Gasteiger partial charge in [-0.1, -0.05) is 20.8 Å². The highest BCUT2D eigenvalue weighted by Crippen LogP contribution is 2.31. The van der Waals surface area contributed by atoms with Crippen molar-refractivity contribution in [1.82, 2.24) is 8.87 Å². The molecular weight excluding hydrogens is 470 g/mol. The van der Waals surface area contributed by atoms with Gasteiger partial charge in [-0.3, -0.25) is 4.79 Å². The lowest BCUT2D eigenvalue weighted by atomic mass is 9.95. The van der Waals surface area contributed by atoms with E-state index in [1.165, 1.54) is 15.6 Å². The fourth-order valence-electron chi connectivity index (χ4n) is 3.14. The molecular formula is C20H23F4N3O3S2. The van der Waals surface area contributed by atoms with E-state index < -0.39 is 39.1 Å². The lowest BCUT2D eigenvalue weighted by molar-refractivity contribution is -0.137. The van der Waals surface area contributed by atoms with Crippen LogP contribution < -0.4 is 4.80 Å². The van der Waals surface area contributed by atoms with Crippen molar-refractivity contribution in [2.75, 3.05) is 19.3 Å². The fourth-order valence-corrected chi connectivity index (χ4v) is 5.16. The van der Waals surface area contributed by atoms with E-state index >= 15 is 0 Å². The largest absolute Gasteiger partial charge is 0.416 e. The molecule has 1 saturated heterocycles. The molecule has 1 fully saturated rings. The quantitative estimate of drug-likeness (QED) is 0.611. The number of sulfonamides is 1. The molecule has 0 saturated carbocycles. The summed E-state index contributed by atoms with van der Waals surface area (Å²) in [7, 11) is -3.28. The van der Waals surface area contributed by atoms with Gasteiger partial charge < -0.3 is 4.57 Å². The Labute approximate surface area is 187 Å². The average Bonchev–Trinajstić information content (AvgIpc) is 2.98. The summed E-state index contributed by atoms with van der Waals surface area (Å²) in [5.74, 6) is -2.21. The predicted molar refractivity (Wildman–Crippen MR) is 112 cm³/mol. The smallest absolute Gasteiger partial charge is 0.323 e. The van der Waals surface area contributed by atoms with Gasteiger partial charge in [0.2, 0.25) is 10.0 Å². The highest BCUT2D eigenvalue weighted by Gasteiger charge is 2.34. The van der Waals surface area contributed by atoms with Gasteiger partial charge in [0.15, 0.2) is 4.80 Å². The van der Waals surface area contributed by atoms with E-state index in [0.717, 1.165) is 11.1 Å². The van der Waals surface area contributed by atoms with Crippen LogP contribution in [0.25, 0.3) is 0 Å². The average molecular weight is 494 g/mol. The van der Waals surface area contributed by atoms with Gasteiger partial charge in [0, 0.05) is 36.6 Å². The Morgan fingerprint density at radius 3 is 2.38 bits per heavy atom. The Morgan fingerprint density at radius 1 is 1.22 bits per heavy atom. The Kier molecular flexibility index (Phi) is 6.44. The van der Waals surface area contributed by atoms with Gasteiger partial charge in [0.25, 0.3) is 5.91 Å². The highest BCUT2D eigenvalue weighted by molar-refractivity contribution is 7.88. The molecule has 0 atom stereocenters. The topological polar surface area (TPSA) is 71.7 Å². The molecule has 0 spiro atoms. The number of aromatic nitrogens is 1. The molecule has 0 N–H and O–H groups in total. The van der Waals surface area contributed by atoms with E-state index in [2.05, 4.69) is 4.99 Å². The van der Waals surface area contributed by atoms with E-state index in [-0.39, 0.29) is 16.1 Å². The van der Waals surface area contributed by atoms with E-state index in [4.69, 9.17) is 0 Å². The van der Waals surface area contributed by atoms with Crippen molar-refractivity contribution in [3.8, 4) is 0 Å². The molecule has 1 aliphatic rings. The number of halogens is 4. The number of nitrogens with zero attached hydrogens (tertiary/aromatic N) is 3. The van der Waals surface area contributed by atoms with Crippen molar-refractivity contribution in [3.05, 3.63) is 51.0 Å². The molecule has 1 aromatic carbocycles. The van der Waals surface area contributed by atoms with Crippen LogP contribution in [0.1, 0.15) is 41.6 Å². The number of carbonyl (C=O) groups is 1. The number of thiazole rings is 1. The van der Waals surface area contributed by atoms with Crippen molar-refractivity contribution >= 4 is 27.3 Å². The molecule has 6 nitrogen and oxygen atoms in total. The molecule has 176 valence electrons. The summed E-state index contributed by atoms with van der Waals surface area (Å²) in [5, 5.41) is 0. The van der Waals surface area contributed by atoms with E-state index in [0.29, 0.717) is 37.8 Å². The zero-order chi connectivity index (χ0) is 24.1. The second kappa shape index (κ2) is 8.38. The molecule has 0 aliphatic carbocycles. The fraction of sp³-hybridized carbons (Fsp3) is 0.500. The summed E-state index contributed by atoms with van der Waals surface area (Å²) in [6.45, 7) is 6.88. The first kappa shape index (κ1) is 24.6. The van der Waals surface area contributed by atoms with Gasteiger partial charge in [0.1, 0.15) is 5.82 Å². The molecule has 2 aromatic rings. The van der Waals surface area contributed by atoms with Gasteiger partial charge in [-0.25, -0.2) is 17.1 Å². The number of rotatable bonds is 4. The summed E-state index contributed by atoms with van der Waals surface area (Å²) < 4.78 is 79.2. The predicted octanol–water partition coefficient (Wildman–Crippen LogP) is 3.64. The van der Waals surface area contributed by atoms with Crippen LogP contribution in [0.3, 0.4) is 0 Å². The zero-order valence-corrected chi connectivity index (χ0v) is 19.5. The van der Waals surface area contributed by atoms with Gasteiger partial charge in [-0.15, -0.1) is 11.3 Å². The van der Waals surface area contributed by atoms with Gasteiger partial charge >= 0.3 is 6.18 Å². The molecule has 1 aliphatic heterocycles. The van der Waals surface area contributed by atoms with Crippen molar-refractivity contribution in [3.63, 3.8) is 0 Å². The lowest BCUT2D eigenvalue weighted by Crippen LogP contribution is -2.51. The Morgan fingerprint density at radius 2 is 1.84 bits per heavy atom. The molecule has 1 amide bonds. The molecule has 1 aromatic heterocycles. The number of carbonyl (C=O) groups excluding carboxylic acids is 1. The molecule has 2 heterocycles. The Balaban J connectivity index is 1.96. The molecule has 0 unspecified atom stereocenters. The monoisotopic (exact) mass is 493 g/mol. The first-order valence-corrected chi connectivity index (χ1v) is 12.3. The third kappa shape index (κ3) is 5.46. The van der Waals surface area contributed by atoms with Crippen LogP contribution in [0.5, 0.6) is 0 Å². The number of benzene rings is 1. The summed E-state index contributed by atoms with van der Waals surface area (Å²) in [6.07, 6.45) is -1.80. The standard InChI is InChI=1S/C20H23F4N3O3S2/c1-19(2,3)16-11-26(8-12-9-27(10-12)32(4,29)30)18(31-16)25-17(28)14-7-13(20(22,23)24)5-6-15(14)21/h5-7,11-12H,8-10H2,1-4H3/b25-18-. The van der Waals surface area contributed by atoms with Crippen LogP contribution >= 0.6 is 11.3 Å². The maximum absolute atomic E-state index is 14.1. The SMILES string of the molecule is CC(C)(C)c1cn(CC2CN(S(C)(=O)=O)C2)/c(=N/C(=O)c2cc(C(F)(F)F)ccc2F)s1.